The van der Waals surface area contributed by atoms with Gasteiger partial charge in [0.15, 0.2) is 0 Å². The minimum atomic E-state index is -0.978. The second-order valence-corrected chi connectivity index (χ2v) is 8.11. The summed E-state index contributed by atoms with van der Waals surface area (Å²) in [5, 5.41) is 26.6. The number of nitriles is 1. The zero-order valence-corrected chi connectivity index (χ0v) is 16.3. The summed E-state index contributed by atoms with van der Waals surface area (Å²) in [6.45, 7) is 7.50. The van der Waals surface area contributed by atoms with Crippen molar-refractivity contribution in [1.82, 2.24) is 15.1 Å². The van der Waals surface area contributed by atoms with Crippen LogP contribution in [-0.4, -0.2) is 32.9 Å². The van der Waals surface area contributed by atoms with E-state index in [2.05, 4.69) is 11.4 Å². The number of rotatable bonds is 6. The minimum absolute atomic E-state index is 0.0255. The van der Waals surface area contributed by atoms with Crippen LogP contribution >= 0.6 is 0 Å². The average molecular weight is 366 g/mol. The van der Waals surface area contributed by atoms with Gasteiger partial charge in [-0.25, -0.2) is 0 Å². The van der Waals surface area contributed by atoms with E-state index in [-0.39, 0.29) is 18.5 Å². The van der Waals surface area contributed by atoms with E-state index in [9.17, 15) is 9.90 Å². The molecule has 27 heavy (non-hydrogen) atoms. The summed E-state index contributed by atoms with van der Waals surface area (Å²) in [5.74, 6) is 0.117. The third kappa shape index (κ3) is 4.20. The molecular formula is C21H26N4O2. The maximum Gasteiger partial charge on any atom is 0.269 e. The van der Waals surface area contributed by atoms with E-state index in [0.29, 0.717) is 17.2 Å². The number of aliphatic hydroxyl groups is 1. The molecule has 3 rings (SSSR count). The Bertz CT molecular complexity index is 879. The molecule has 1 aromatic carbocycles. The van der Waals surface area contributed by atoms with Crippen molar-refractivity contribution in [3.05, 3.63) is 41.1 Å². The van der Waals surface area contributed by atoms with Gasteiger partial charge < -0.3 is 10.4 Å². The summed E-state index contributed by atoms with van der Waals surface area (Å²) >= 11 is 0. The fourth-order valence-electron chi connectivity index (χ4n) is 3.10. The molecule has 2 N–H and O–H groups in total. The van der Waals surface area contributed by atoms with Crippen LogP contribution in [0.5, 0.6) is 0 Å². The smallest absolute Gasteiger partial charge is 0.269 e. The highest BCUT2D eigenvalue weighted by Gasteiger charge is 2.36. The molecule has 1 heterocycles. The molecule has 0 unspecified atom stereocenters. The number of nitrogens with one attached hydrogen (secondary N) is 1. The SMILES string of the molecule is CC(C)n1nc(-c2ccc(C#N)cc2)c(C2CC2)c1C(=O)NCC(C)(C)O. The standard InChI is InChI=1S/C21H26N4O2/c1-13(2)25-19(20(26)23-12-21(3,4)27)17(15-9-10-15)18(24-25)16-7-5-14(11-22)6-8-16/h5-8,13,15,27H,9-10,12H2,1-4H3,(H,23,26). The molecule has 1 aliphatic carbocycles. The zero-order valence-electron chi connectivity index (χ0n) is 16.3. The van der Waals surface area contributed by atoms with Crippen LogP contribution in [0.2, 0.25) is 0 Å². The summed E-state index contributed by atoms with van der Waals surface area (Å²) in [5.41, 5.74) is 2.89. The fourth-order valence-corrected chi connectivity index (χ4v) is 3.10. The van der Waals surface area contributed by atoms with Crippen molar-refractivity contribution in [2.45, 2.75) is 58.1 Å². The predicted octanol–water partition coefficient (Wildman–Crippen LogP) is 3.38. The van der Waals surface area contributed by atoms with Crippen LogP contribution in [0.3, 0.4) is 0 Å². The number of hydrogen-bond donors (Lipinski definition) is 2. The zero-order chi connectivity index (χ0) is 19.8. The van der Waals surface area contributed by atoms with Gasteiger partial charge in [0, 0.05) is 23.7 Å². The molecule has 0 aliphatic heterocycles. The lowest BCUT2D eigenvalue weighted by molar-refractivity contribution is 0.0687. The molecular weight excluding hydrogens is 340 g/mol. The van der Waals surface area contributed by atoms with Crippen LogP contribution < -0.4 is 5.32 Å². The van der Waals surface area contributed by atoms with Crippen molar-refractivity contribution in [3.63, 3.8) is 0 Å². The van der Waals surface area contributed by atoms with Crippen LogP contribution in [0.25, 0.3) is 11.3 Å². The third-order valence-electron chi connectivity index (χ3n) is 4.61. The lowest BCUT2D eigenvalue weighted by atomic mass is 10.0. The Labute approximate surface area is 159 Å². The Morgan fingerprint density at radius 1 is 1.37 bits per heavy atom. The topological polar surface area (TPSA) is 90.9 Å². The van der Waals surface area contributed by atoms with Gasteiger partial charge >= 0.3 is 0 Å². The minimum Gasteiger partial charge on any atom is -0.389 e. The first-order valence-corrected chi connectivity index (χ1v) is 9.35. The van der Waals surface area contributed by atoms with Crippen LogP contribution in [0.1, 0.15) is 74.1 Å². The van der Waals surface area contributed by atoms with E-state index in [4.69, 9.17) is 10.4 Å². The van der Waals surface area contributed by atoms with Crippen molar-refractivity contribution >= 4 is 5.91 Å². The lowest BCUT2D eigenvalue weighted by Gasteiger charge is -2.19. The summed E-state index contributed by atoms with van der Waals surface area (Å²) in [4.78, 5) is 13.0. The Kier molecular flexibility index (Phi) is 5.07. The Hall–Kier alpha value is -2.65. The van der Waals surface area contributed by atoms with Gasteiger partial charge in [-0.3, -0.25) is 9.48 Å². The number of nitrogens with zero attached hydrogens (tertiary/aromatic N) is 3. The summed E-state index contributed by atoms with van der Waals surface area (Å²) in [7, 11) is 0. The lowest BCUT2D eigenvalue weighted by Crippen LogP contribution is -2.39. The molecule has 2 aromatic rings. The second kappa shape index (κ2) is 7.16. The molecule has 1 fully saturated rings. The molecule has 1 amide bonds. The summed E-state index contributed by atoms with van der Waals surface area (Å²) < 4.78 is 1.78. The summed E-state index contributed by atoms with van der Waals surface area (Å²) in [6, 6.07) is 9.47. The molecule has 1 aliphatic rings. The highest BCUT2D eigenvalue weighted by molar-refractivity contribution is 5.96. The van der Waals surface area contributed by atoms with Crippen molar-refractivity contribution in [3.8, 4) is 17.3 Å². The molecule has 1 saturated carbocycles. The Balaban J connectivity index is 2.07. The van der Waals surface area contributed by atoms with Gasteiger partial charge in [-0.1, -0.05) is 12.1 Å². The Morgan fingerprint density at radius 2 is 2.00 bits per heavy atom. The van der Waals surface area contributed by atoms with E-state index >= 15 is 0 Å². The van der Waals surface area contributed by atoms with Crippen LogP contribution in [0.15, 0.2) is 24.3 Å². The molecule has 6 nitrogen and oxygen atoms in total. The average Bonchev–Trinajstić information content (AvgIpc) is 3.38. The van der Waals surface area contributed by atoms with Gasteiger partial charge in [-0.05, 0) is 58.6 Å². The maximum absolute atomic E-state index is 13.0. The van der Waals surface area contributed by atoms with Gasteiger partial charge in [-0.15, -0.1) is 0 Å². The van der Waals surface area contributed by atoms with E-state index in [0.717, 1.165) is 29.7 Å². The molecule has 142 valence electrons. The number of aromatic nitrogens is 2. The number of benzene rings is 1. The van der Waals surface area contributed by atoms with Gasteiger partial charge in [0.2, 0.25) is 0 Å². The molecule has 0 radical (unpaired) electrons. The maximum atomic E-state index is 13.0. The van der Waals surface area contributed by atoms with Crippen molar-refractivity contribution < 1.29 is 9.90 Å². The number of amides is 1. The molecule has 0 bridgehead atoms. The van der Waals surface area contributed by atoms with Gasteiger partial charge in [0.1, 0.15) is 5.69 Å². The largest absolute Gasteiger partial charge is 0.389 e. The molecule has 0 saturated heterocycles. The second-order valence-electron chi connectivity index (χ2n) is 8.11. The monoisotopic (exact) mass is 366 g/mol. The first-order chi connectivity index (χ1) is 12.7. The predicted molar refractivity (Wildman–Crippen MR) is 103 cm³/mol. The van der Waals surface area contributed by atoms with Crippen molar-refractivity contribution in [1.29, 1.82) is 5.26 Å². The highest BCUT2D eigenvalue weighted by atomic mass is 16.3. The van der Waals surface area contributed by atoms with Crippen LogP contribution in [0, 0.1) is 11.3 Å². The van der Waals surface area contributed by atoms with Crippen LogP contribution in [-0.2, 0) is 0 Å². The molecule has 6 heteroatoms. The fraction of sp³-hybridized carbons (Fsp3) is 0.476. The van der Waals surface area contributed by atoms with Gasteiger partial charge in [-0.2, -0.15) is 10.4 Å². The van der Waals surface area contributed by atoms with E-state index in [1.54, 1.807) is 30.7 Å². The normalized spacial score (nSPS) is 14.3. The first-order valence-electron chi connectivity index (χ1n) is 9.35. The number of carbonyl (C=O) groups excluding carboxylic acids is 1. The van der Waals surface area contributed by atoms with E-state index in [1.165, 1.54) is 0 Å². The van der Waals surface area contributed by atoms with Crippen LogP contribution in [0.4, 0.5) is 0 Å². The Morgan fingerprint density at radius 3 is 2.48 bits per heavy atom. The third-order valence-corrected chi connectivity index (χ3v) is 4.61. The van der Waals surface area contributed by atoms with Gasteiger partial charge in [0.05, 0.1) is 22.9 Å². The molecule has 0 atom stereocenters. The number of hydrogen-bond acceptors (Lipinski definition) is 4. The number of carbonyl (C=O) groups is 1. The summed E-state index contributed by atoms with van der Waals surface area (Å²) in [6.07, 6.45) is 2.08. The molecule has 0 spiro atoms. The quantitative estimate of drug-likeness (QED) is 0.820. The van der Waals surface area contributed by atoms with Crippen molar-refractivity contribution in [2.24, 2.45) is 0 Å². The molecule has 1 aromatic heterocycles. The van der Waals surface area contributed by atoms with E-state index < -0.39 is 5.60 Å². The van der Waals surface area contributed by atoms with Crippen molar-refractivity contribution in [2.75, 3.05) is 6.54 Å². The van der Waals surface area contributed by atoms with Gasteiger partial charge in [0.25, 0.3) is 5.91 Å². The first kappa shape index (κ1) is 19.1. The highest BCUT2D eigenvalue weighted by Crippen LogP contribution is 2.46. The van der Waals surface area contributed by atoms with E-state index in [1.807, 2.05) is 26.0 Å².